The number of hydrogen-bond acceptors (Lipinski definition) is 3. The third-order valence-electron chi connectivity index (χ3n) is 3.55. The first kappa shape index (κ1) is 11.9. The highest BCUT2D eigenvalue weighted by molar-refractivity contribution is 5.69. The Labute approximate surface area is 97.5 Å². The summed E-state index contributed by atoms with van der Waals surface area (Å²) in [6.45, 7) is 4.47. The molecule has 1 aliphatic carbocycles. The summed E-state index contributed by atoms with van der Waals surface area (Å²) >= 11 is 0. The van der Waals surface area contributed by atoms with E-state index in [4.69, 9.17) is 9.47 Å². The molecule has 0 aromatic rings. The van der Waals surface area contributed by atoms with Crippen LogP contribution < -0.4 is 0 Å². The molecular weight excluding hydrogens is 204 g/mol. The largest absolute Gasteiger partial charge is 0.466 e. The molecule has 1 saturated heterocycles. The molecule has 2 aliphatic rings. The highest BCUT2D eigenvalue weighted by Crippen LogP contribution is 2.41. The molecule has 1 saturated carbocycles. The van der Waals surface area contributed by atoms with Crippen molar-refractivity contribution in [1.82, 2.24) is 0 Å². The third-order valence-corrected chi connectivity index (χ3v) is 3.55. The highest BCUT2D eigenvalue weighted by Gasteiger charge is 2.38. The average molecular weight is 226 g/mol. The van der Waals surface area contributed by atoms with Gasteiger partial charge in [0.1, 0.15) is 0 Å². The van der Waals surface area contributed by atoms with Gasteiger partial charge in [-0.2, -0.15) is 0 Å². The molecule has 0 spiro atoms. The fraction of sp³-hybridized carbons (Fsp3) is 0.923. The summed E-state index contributed by atoms with van der Waals surface area (Å²) in [4.78, 5) is 11.4. The summed E-state index contributed by atoms with van der Waals surface area (Å²) in [6, 6.07) is 0. The number of carbonyl (C=O) groups is 1. The quantitative estimate of drug-likeness (QED) is 0.691. The van der Waals surface area contributed by atoms with Gasteiger partial charge in [0.05, 0.1) is 18.8 Å². The van der Waals surface area contributed by atoms with Crippen LogP contribution in [0.3, 0.4) is 0 Å². The molecule has 3 heteroatoms. The molecule has 0 amide bonds. The van der Waals surface area contributed by atoms with Crippen LogP contribution in [0.1, 0.15) is 46.0 Å². The predicted molar refractivity (Wildman–Crippen MR) is 61.0 cm³/mol. The summed E-state index contributed by atoms with van der Waals surface area (Å²) in [5.74, 6) is 1.19. The van der Waals surface area contributed by atoms with Crippen molar-refractivity contribution in [3.8, 4) is 0 Å². The summed E-state index contributed by atoms with van der Waals surface area (Å²) in [5.41, 5.74) is 0. The van der Waals surface area contributed by atoms with Crippen molar-refractivity contribution in [2.45, 2.75) is 58.2 Å². The van der Waals surface area contributed by atoms with Crippen molar-refractivity contribution in [3.63, 3.8) is 0 Å². The van der Waals surface area contributed by atoms with Crippen molar-refractivity contribution in [2.24, 2.45) is 11.8 Å². The maximum atomic E-state index is 11.4. The molecule has 3 atom stereocenters. The lowest BCUT2D eigenvalue weighted by atomic mass is 9.88. The van der Waals surface area contributed by atoms with Gasteiger partial charge in [0.2, 0.25) is 0 Å². The van der Waals surface area contributed by atoms with Crippen molar-refractivity contribution in [2.75, 3.05) is 6.61 Å². The monoisotopic (exact) mass is 226 g/mol. The van der Waals surface area contributed by atoms with Crippen LogP contribution in [0.5, 0.6) is 0 Å². The second-order valence-corrected chi connectivity index (χ2v) is 5.17. The lowest BCUT2D eigenvalue weighted by Gasteiger charge is -2.33. The molecule has 0 N–H and O–H groups in total. The van der Waals surface area contributed by atoms with Crippen LogP contribution in [0.2, 0.25) is 0 Å². The van der Waals surface area contributed by atoms with Crippen LogP contribution >= 0.6 is 0 Å². The van der Waals surface area contributed by atoms with Crippen LogP contribution in [0.4, 0.5) is 0 Å². The molecular formula is C13H22O3. The summed E-state index contributed by atoms with van der Waals surface area (Å²) in [6.07, 6.45) is 5.95. The molecule has 0 bridgehead atoms. The van der Waals surface area contributed by atoms with Gasteiger partial charge in [-0.15, -0.1) is 0 Å². The molecule has 0 radical (unpaired) electrons. The van der Waals surface area contributed by atoms with Gasteiger partial charge in [-0.25, -0.2) is 0 Å². The number of ether oxygens (including phenoxy) is 2. The van der Waals surface area contributed by atoms with E-state index in [0.29, 0.717) is 31.2 Å². The summed E-state index contributed by atoms with van der Waals surface area (Å²) < 4.78 is 10.9. The van der Waals surface area contributed by atoms with Crippen LogP contribution in [-0.4, -0.2) is 24.8 Å². The van der Waals surface area contributed by atoms with E-state index >= 15 is 0 Å². The number of carbonyl (C=O) groups excluding carboxylic acids is 1. The Morgan fingerprint density at radius 1 is 1.38 bits per heavy atom. The maximum absolute atomic E-state index is 11.4. The van der Waals surface area contributed by atoms with Crippen LogP contribution in [0.15, 0.2) is 0 Å². The Morgan fingerprint density at radius 3 is 2.75 bits per heavy atom. The van der Waals surface area contributed by atoms with Crippen LogP contribution in [0, 0.1) is 11.8 Å². The normalized spacial score (nSPS) is 34.8. The topological polar surface area (TPSA) is 35.5 Å². The SMILES string of the molecule is CCOC(=O)CC1CC(C)OC(C2CC2)C1. The first-order chi connectivity index (χ1) is 7.69. The minimum atomic E-state index is -0.0452. The third kappa shape index (κ3) is 3.21. The van der Waals surface area contributed by atoms with Crippen molar-refractivity contribution in [1.29, 1.82) is 0 Å². The molecule has 0 aromatic heterocycles. The molecule has 92 valence electrons. The van der Waals surface area contributed by atoms with Gasteiger partial charge in [-0.3, -0.25) is 4.79 Å². The van der Waals surface area contributed by atoms with Gasteiger partial charge < -0.3 is 9.47 Å². The molecule has 2 fully saturated rings. The highest BCUT2D eigenvalue weighted by atomic mass is 16.5. The van der Waals surface area contributed by atoms with Gasteiger partial charge in [0.25, 0.3) is 0 Å². The van der Waals surface area contributed by atoms with Crippen molar-refractivity contribution < 1.29 is 14.3 Å². The van der Waals surface area contributed by atoms with Gasteiger partial charge in [-0.1, -0.05) is 0 Å². The first-order valence-electron chi connectivity index (χ1n) is 6.50. The zero-order chi connectivity index (χ0) is 11.5. The molecule has 0 aromatic carbocycles. The van der Waals surface area contributed by atoms with E-state index in [-0.39, 0.29) is 5.97 Å². The van der Waals surface area contributed by atoms with Gasteiger partial charge in [0, 0.05) is 6.42 Å². The van der Waals surface area contributed by atoms with Gasteiger partial charge in [-0.05, 0) is 51.4 Å². The minimum absolute atomic E-state index is 0.0452. The van der Waals surface area contributed by atoms with E-state index in [1.54, 1.807) is 0 Å². The average Bonchev–Trinajstić information content (AvgIpc) is 2.99. The van der Waals surface area contributed by atoms with Crippen LogP contribution in [-0.2, 0) is 14.3 Å². The van der Waals surface area contributed by atoms with E-state index in [2.05, 4.69) is 6.92 Å². The van der Waals surface area contributed by atoms with E-state index < -0.39 is 0 Å². The fourth-order valence-electron chi connectivity index (χ4n) is 2.70. The zero-order valence-corrected chi connectivity index (χ0v) is 10.3. The Morgan fingerprint density at radius 2 is 2.12 bits per heavy atom. The summed E-state index contributed by atoms with van der Waals surface area (Å²) in [5, 5.41) is 0. The van der Waals surface area contributed by atoms with Crippen molar-refractivity contribution >= 4 is 5.97 Å². The Balaban J connectivity index is 1.81. The number of hydrogen-bond donors (Lipinski definition) is 0. The van der Waals surface area contributed by atoms with Gasteiger partial charge >= 0.3 is 5.97 Å². The Hall–Kier alpha value is -0.570. The number of esters is 1. The van der Waals surface area contributed by atoms with Gasteiger partial charge in [0.15, 0.2) is 0 Å². The smallest absolute Gasteiger partial charge is 0.306 e. The lowest BCUT2D eigenvalue weighted by Crippen LogP contribution is -2.33. The Bertz CT molecular complexity index is 248. The molecule has 16 heavy (non-hydrogen) atoms. The van der Waals surface area contributed by atoms with E-state index in [0.717, 1.165) is 18.8 Å². The second kappa shape index (κ2) is 5.17. The fourth-order valence-corrected chi connectivity index (χ4v) is 2.70. The second-order valence-electron chi connectivity index (χ2n) is 5.17. The molecule has 3 nitrogen and oxygen atoms in total. The lowest BCUT2D eigenvalue weighted by molar-refractivity contribution is -0.146. The predicted octanol–water partition coefficient (Wildman–Crippen LogP) is 2.53. The molecule has 3 unspecified atom stereocenters. The zero-order valence-electron chi connectivity index (χ0n) is 10.3. The molecule has 2 rings (SSSR count). The standard InChI is InChI=1S/C13H22O3/c1-3-15-13(14)8-10-6-9(2)16-12(7-10)11-4-5-11/h9-12H,3-8H2,1-2H3. The van der Waals surface area contributed by atoms with Crippen molar-refractivity contribution in [3.05, 3.63) is 0 Å². The number of rotatable bonds is 4. The first-order valence-corrected chi connectivity index (χ1v) is 6.50. The summed E-state index contributed by atoms with van der Waals surface area (Å²) in [7, 11) is 0. The molecule has 1 aliphatic heterocycles. The molecule has 1 heterocycles. The Kier molecular flexibility index (Phi) is 3.85. The van der Waals surface area contributed by atoms with Crippen LogP contribution in [0.25, 0.3) is 0 Å². The van der Waals surface area contributed by atoms with E-state index in [1.165, 1.54) is 12.8 Å². The van der Waals surface area contributed by atoms with E-state index in [9.17, 15) is 4.79 Å². The maximum Gasteiger partial charge on any atom is 0.306 e. The van der Waals surface area contributed by atoms with E-state index in [1.807, 2.05) is 6.92 Å². The minimum Gasteiger partial charge on any atom is -0.466 e.